The third kappa shape index (κ3) is 6.69. The Labute approximate surface area is 219 Å². The van der Waals surface area contributed by atoms with Crippen LogP contribution in [0.2, 0.25) is 0 Å². The van der Waals surface area contributed by atoms with E-state index in [4.69, 9.17) is 4.74 Å². The first-order valence-corrected chi connectivity index (χ1v) is 15.0. The number of benzene rings is 3. The fourth-order valence-corrected chi connectivity index (χ4v) is 5.92. The summed E-state index contributed by atoms with van der Waals surface area (Å²) in [6.07, 6.45) is 1.65. The quantitative estimate of drug-likeness (QED) is 0.410. The zero-order valence-corrected chi connectivity index (χ0v) is 23.2. The molecule has 37 heavy (non-hydrogen) atoms. The van der Waals surface area contributed by atoms with Crippen molar-refractivity contribution in [2.45, 2.75) is 43.0 Å². The molecule has 3 aromatic rings. The Hall–Kier alpha value is -3.37. The molecule has 0 aliphatic carbocycles. The minimum absolute atomic E-state index is 0.0536. The summed E-state index contributed by atoms with van der Waals surface area (Å²) in [5.74, 6) is -0.198. The number of hydrogen-bond donors (Lipinski definition) is 1. The average molecular weight is 545 g/mol. The van der Waals surface area contributed by atoms with Crippen LogP contribution in [0.5, 0.6) is 5.75 Å². The highest BCUT2D eigenvalue weighted by atomic mass is 32.2. The van der Waals surface area contributed by atoms with E-state index in [-0.39, 0.29) is 15.5 Å². The summed E-state index contributed by atoms with van der Waals surface area (Å²) in [6, 6.07) is 17.4. The van der Waals surface area contributed by atoms with Gasteiger partial charge in [0.15, 0.2) is 9.84 Å². The van der Waals surface area contributed by atoms with Crippen molar-refractivity contribution in [2.75, 3.05) is 24.2 Å². The lowest BCUT2D eigenvalue weighted by atomic mass is 10.0. The average Bonchev–Trinajstić information content (AvgIpc) is 2.85. The van der Waals surface area contributed by atoms with Crippen molar-refractivity contribution in [2.24, 2.45) is 0 Å². The maximum atomic E-state index is 13.7. The van der Waals surface area contributed by atoms with Crippen molar-refractivity contribution in [3.05, 3.63) is 83.4 Å². The summed E-state index contributed by atoms with van der Waals surface area (Å²) in [6.45, 7) is 5.08. The Kier molecular flexibility index (Phi) is 8.65. The van der Waals surface area contributed by atoms with Crippen LogP contribution in [0.25, 0.3) is 0 Å². The lowest BCUT2D eigenvalue weighted by Crippen LogP contribution is -2.42. The van der Waals surface area contributed by atoms with E-state index in [2.05, 4.69) is 5.32 Å². The van der Waals surface area contributed by atoms with Gasteiger partial charge in [0.05, 0.1) is 28.6 Å². The van der Waals surface area contributed by atoms with Crippen molar-refractivity contribution in [1.82, 2.24) is 5.32 Å². The van der Waals surface area contributed by atoms with Crippen molar-refractivity contribution in [3.63, 3.8) is 0 Å². The molecule has 0 radical (unpaired) electrons. The number of sulfonamides is 1. The zero-order valence-electron chi connectivity index (χ0n) is 21.6. The smallest absolute Gasteiger partial charge is 0.264 e. The van der Waals surface area contributed by atoms with Gasteiger partial charge in [-0.1, -0.05) is 42.8 Å². The molecule has 8 nitrogen and oxygen atoms in total. The van der Waals surface area contributed by atoms with E-state index in [0.29, 0.717) is 17.7 Å². The Bertz CT molecular complexity index is 1470. The molecule has 1 amide bonds. The van der Waals surface area contributed by atoms with Crippen LogP contribution in [0.15, 0.2) is 76.5 Å². The molecule has 198 valence electrons. The summed E-state index contributed by atoms with van der Waals surface area (Å²) in [5, 5.41) is 2.89. The maximum absolute atomic E-state index is 13.7. The van der Waals surface area contributed by atoms with Crippen molar-refractivity contribution >= 4 is 31.5 Å². The van der Waals surface area contributed by atoms with Gasteiger partial charge < -0.3 is 10.1 Å². The first-order valence-electron chi connectivity index (χ1n) is 11.7. The largest absolute Gasteiger partial charge is 0.495 e. The molecule has 0 spiro atoms. The number of methoxy groups -OCH3 is 1. The number of nitrogens with zero attached hydrogens (tertiary/aromatic N) is 1. The molecular formula is C27H32N2O6S2. The number of nitrogens with one attached hydrogen (secondary N) is 1. The maximum Gasteiger partial charge on any atom is 0.264 e. The normalized spacial score (nSPS) is 12.6. The van der Waals surface area contributed by atoms with Crippen molar-refractivity contribution in [1.29, 1.82) is 0 Å². The number of sulfone groups is 1. The second kappa shape index (κ2) is 11.4. The molecule has 0 aliphatic heterocycles. The van der Waals surface area contributed by atoms with Gasteiger partial charge >= 0.3 is 0 Å². The van der Waals surface area contributed by atoms with Gasteiger partial charge in [-0.2, -0.15) is 0 Å². The van der Waals surface area contributed by atoms with Gasteiger partial charge in [0.25, 0.3) is 10.0 Å². The predicted octanol–water partition coefficient (Wildman–Crippen LogP) is 4.18. The molecule has 3 rings (SSSR count). The fourth-order valence-electron chi connectivity index (χ4n) is 3.87. The molecule has 0 fully saturated rings. The molecule has 1 N–H and O–H groups in total. The molecule has 0 saturated heterocycles. The molecule has 10 heteroatoms. The minimum atomic E-state index is -4.12. The van der Waals surface area contributed by atoms with Gasteiger partial charge in [-0.25, -0.2) is 16.8 Å². The van der Waals surface area contributed by atoms with Gasteiger partial charge in [-0.3, -0.25) is 9.10 Å². The number of rotatable bonds is 10. The monoisotopic (exact) mass is 544 g/mol. The SMILES string of the molecule is CCC(NC(=O)CN(c1cc(C)ccc1OC)S(=O)(=O)c1ccc(C)cc1)c1ccc(S(C)(=O)=O)cc1. The van der Waals surface area contributed by atoms with E-state index in [1.807, 2.05) is 20.8 Å². The predicted molar refractivity (Wildman–Crippen MR) is 144 cm³/mol. The molecule has 0 aliphatic rings. The van der Waals surface area contributed by atoms with E-state index in [1.54, 1.807) is 42.5 Å². The molecule has 1 atom stereocenters. The number of carbonyl (C=O) groups excluding carboxylic acids is 1. The number of aryl methyl sites for hydroxylation is 2. The Morgan fingerprint density at radius 2 is 1.46 bits per heavy atom. The lowest BCUT2D eigenvalue weighted by molar-refractivity contribution is -0.120. The van der Waals surface area contributed by atoms with Crippen LogP contribution in [0.3, 0.4) is 0 Å². The molecule has 0 saturated carbocycles. The number of amides is 1. The molecular weight excluding hydrogens is 512 g/mol. The highest BCUT2D eigenvalue weighted by Crippen LogP contribution is 2.33. The van der Waals surface area contributed by atoms with Gasteiger partial charge in [-0.05, 0) is 67.8 Å². The minimum Gasteiger partial charge on any atom is -0.495 e. The Balaban J connectivity index is 1.96. The second-order valence-corrected chi connectivity index (χ2v) is 12.7. The van der Waals surface area contributed by atoms with Crippen LogP contribution >= 0.6 is 0 Å². The van der Waals surface area contributed by atoms with Crippen molar-refractivity contribution in [3.8, 4) is 5.75 Å². The number of hydrogen-bond acceptors (Lipinski definition) is 6. The number of anilines is 1. The summed E-state index contributed by atoms with van der Waals surface area (Å²) in [4.78, 5) is 13.5. The van der Waals surface area contributed by atoms with Gasteiger partial charge in [0.1, 0.15) is 12.3 Å². The summed E-state index contributed by atoms with van der Waals surface area (Å²) in [7, 11) is -6.03. The number of ether oxygens (including phenoxy) is 1. The highest BCUT2D eigenvalue weighted by molar-refractivity contribution is 7.93. The highest BCUT2D eigenvalue weighted by Gasteiger charge is 2.30. The van der Waals surface area contributed by atoms with Crippen LogP contribution < -0.4 is 14.4 Å². The standard InChI is InChI=1S/C27H32N2O6S2/c1-6-24(21-10-14-22(15-11-21)36(5,31)32)28-27(30)18-29(25-17-20(3)9-16-26(25)35-4)37(33,34)23-12-7-19(2)8-13-23/h7-17,24H,6,18H2,1-5H3,(H,28,30). The first kappa shape index (κ1) is 28.2. The Morgan fingerprint density at radius 3 is 2.00 bits per heavy atom. The second-order valence-electron chi connectivity index (χ2n) is 8.87. The van der Waals surface area contributed by atoms with E-state index in [1.165, 1.54) is 31.4 Å². The number of carbonyl (C=O) groups is 1. The van der Waals surface area contributed by atoms with Crippen molar-refractivity contribution < 1.29 is 26.4 Å². The summed E-state index contributed by atoms with van der Waals surface area (Å²) < 4.78 is 57.6. The van der Waals surface area contributed by atoms with Gasteiger partial charge in [0.2, 0.25) is 5.91 Å². The fraction of sp³-hybridized carbons (Fsp3) is 0.296. The van der Waals surface area contributed by atoms with E-state index in [0.717, 1.165) is 21.7 Å². The molecule has 0 aromatic heterocycles. The molecule has 0 bridgehead atoms. The van der Waals surface area contributed by atoms with Crippen LogP contribution in [0.4, 0.5) is 5.69 Å². The van der Waals surface area contributed by atoms with Crippen LogP contribution in [0, 0.1) is 13.8 Å². The zero-order chi connectivity index (χ0) is 27.4. The molecule has 1 unspecified atom stereocenters. The van der Waals surface area contributed by atoms with Crippen LogP contribution in [-0.4, -0.2) is 42.7 Å². The van der Waals surface area contributed by atoms with E-state index >= 15 is 0 Å². The summed E-state index contributed by atoms with van der Waals surface area (Å²) in [5.41, 5.74) is 2.68. The summed E-state index contributed by atoms with van der Waals surface area (Å²) >= 11 is 0. The van der Waals surface area contributed by atoms with E-state index in [9.17, 15) is 21.6 Å². The van der Waals surface area contributed by atoms with Crippen LogP contribution in [-0.2, 0) is 24.7 Å². The van der Waals surface area contributed by atoms with E-state index < -0.39 is 38.4 Å². The molecule has 0 heterocycles. The first-order chi connectivity index (χ1) is 17.4. The molecule has 3 aromatic carbocycles. The third-order valence-electron chi connectivity index (χ3n) is 5.95. The Morgan fingerprint density at radius 1 is 0.892 bits per heavy atom. The van der Waals surface area contributed by atoms with Gasteiger partial charge in [-0.15, -0.1) is 0 Å². The van der Waals surface area contributed by atoms with Gasteiger partial charge in [0, 0.05) is 6.26 Å². The van der Waals surface area contributed by atoms with Crippen LogP contribution in [0.1, 0.15) is 36.1 Å². The third-order valence-corrected chi connectivity index (χ3v) is 8.86. The topological polar surface area (TPSA) is 110 Å². The lowest BCUT2D eigenvalue weighted by Gasteiger charge is -2.27.